The summed E-state index contributed by atoms with van der Waals surface area (Å²) >= 11 is 0. The Bertz CT molecular complexity index is 3400. The molecule has 3 heteroatoms. The molecule has 2 heterocycles. The lowest BCUT2D eigenvalue weighted by Crippen LogP contribution is -2.28. The van der Waals surface area contributed by atoms with Crippen LogP contribution in [-0.4, -0.2) is 9.97 Å². The van der Waals surface area contributed by atoms with Crippen LogP contribution in [0.5, 0.6) is 0 Å². The van der Waals surface area contributed by atoms with Crippen molar-refractivity contribution in [1.29, 1.82) is 0 Å². The number of para-hydroxylation sites is 1. The number of rotatable bonds is 7. The molecule has 0 N–H and O–H groups in total. The Balaban J connectivity index is 0.986. The summed E-state index contributed by atoms with van der Waals surface area (Å²) in [5, 5.41) is 2.26. The number of hydrogen-bond donors (Lipinski definition) is 0. The van der Waals surface area contributed by atoms with Crippen molar-refractivity contribution in [3.05, 3.63) is 253 Å². The number of nitrogens with zero attached hydrogens (tertiary/aromatic N) is 2. The van der Waals surface area contributed by atoms with Crippen LogP contribution in [0.3, 0.4) is 0 Å². The van der Waals surface area contributed by atoms with Crippen LogP contribution in [0.4, 0.5) is 0 Å². The van der Waals surface area contributed by atoms with Gasteiger partial charge in [-0.2, -0.15) is 0 Å². The molecular formula is C59H38N2O. The van der Waals surface area contributed by atoms with Crippen LogP contribution in [0.25, 0.3) is 89.2 Å². The fourth-order valence-electron chi connectivity index (χ4n) is 9.76. The second-order valence-electron chi connectivity index (χ2n) is 16.0. The van der Waals surface area contributed by atoms with Gasteiger partial charge in [-0.25, -0.2) is 9.97 Å². The minimum atomic E-state index is -0.464. The van der Waals surface area contributed by atoms with Crippen molar-refractivity contribution in [1.82, 2.24) is 9.97 Å². The van der Waals surface area contributed by atoms with E-state index in [0.29, 0.717) is 5.82 Å². The summed E-state index contributed by atoms with van der Waals surface area (Å²) in [6, 6.07) is 82.3. The fraction of sp³-hybridized carbons (Fsp3) is 0.0169. The minimum Gasteiger partial charge on any atom is -0.456 e. The Kier molecular flexibility index (Phi) is 8.39. The van der Waals surface area contributed by atoms with Crippen molar-refractivity contribution in [2.45, 2.75) is 5.41 Å². The molecule has 0 spiro atoms. The number of furan rings is 1. The number of hydrogen-bond acceptors (Lipinski definition) is 3. The Hall–Kier alpha value is -8.14. The lowest BCUT2D eigenvalue weighted by Gasteiger charge is -2.33. The van der Waals surface area contributed by atoms with Crippen LogP contribution in [0.15, 0.2) is 235 Å². The summed E-state index contributed by atoms with van der Waals surface area (Å²) in [5.74, 6) is 0.689. The van der Waals surface area contributed by atoms with Crippen molar-refractivity contribution in [2.75, 3.05) is 0 Å². The molecule has 0 saturated carbocycles. The van der Waals surface area contributed by atoms with Crippen LogP contribution >= 0.6 is 0 Å². The molecule has 11 aromatic rings. The van der Waals surface area contributed by atoms with E-state index in [1.165, 1.54) is 33.4 Å². The molecule has 0 unspecified atom stereocenters. The molecule has 0 bridgehead atoms. The van der Waals surface area contributed by atoms with E-state index in [4.69, 9.17) is 14.4 Å². The molecule has 0 saturated heterocycles. The van der Waals surface area contributed by atoms with Crippen LogP contribution < -0.4 is 0 Å². The molecular weight excluding hydrogens is 753 g/mol. The van der Waals surface area contributed by atoms with Crippen LogP contribution in [0.2, 0.25) is 0 Å². The average Bonchev–Trinajstić information content (AvgIpc) is 3.88. The molecule has 9 aromatic carbocycles. The van der Waals surface area contributed by atoms with E-state index in [1.807, 2.05) is 30.3 Å². The van der Waals surface area contributed by atoms with Crippen molar-refractivity contribution >= 4 is 21.9 Å². The molecule has 290 valence electrons. The molecule has 0 fully saturated rings. The zero-order chi connectivity index (χ0) is 41.0. The highest BCUT2D eigenvalue weighted by Crippen LogP contribution is 2.56. The maximum Gasteiger partial charge on any atom is 0.160 e. The highest BCUT2D eigenvalue weighted by atomic mass is 16.3. The van der Waals surface area contributed by atoms with Gasteiger partial charge in [0.15, 0.2) is 5.82 Å². The number of fused-ring (bicyclic) bond motifs is 6. The SMILES string of the molecule is c1ccc(-c2nc(-c3ccc4c(c3)-c3ccccc3C4(c3ccccc3)c3ccccc3)cc(-c3ccccc3-c3ccc(-c4ccc5oc6ccccc6c5c4)cc3)n2)cc1. The third-order valence-corrected chi connectivity index (χ3v) is 12.6. The van der Waals surface area contributed by atoms with E-state index in [0.717, 1.165) is 72.3 Å². The van der Waals surface area contributed by atoms with Crippen molar-refractivity contribution in [2.24, 2.45) is 0 Å². The van der Waals surface area contributed by atoms with Gasteiger partial charge in [-0.3, -0.25) is 0 Å². The summed E-state index contributed by atoms with van der Waals surface area (Å²) < 4.78 is 6.11. The van der Waals surface area contributed by atoms with Gasteiger partial charge in [-0.1, -0.05) is 200 Å². The fourth-order valence-corrected chi connectivity index (χ4v) is 9.76. The summed E-state index contributed by atoms with van der Waals surface area (Å²) in [6.07, 6.45) is 0. The highest BCUT2D eigenvalue weighted by molar-refractivity contribution is 6.06. The third kappa shape index (κ3) is 5.74. The summed E-state index contributed by atoms with van der Waals surface area (Å²) in [5.41, 5.74) is 18.2. The zero-order valence-corrected chi connectivity index (χ0v) is 33.7. The van der Waals surface area contributed by atoms with E-state index in [1.54, 1.807) is 0 Å². The van der Waals surface area contributed by atoms with Gasteiger partial charge in [-0.15, -0.1) is 0 Å². The second kappa shape index (κ2) is 14.5. The average molecular weight is 791 g/mol. The summed E-state index contributed by atoms with van der Waals surface area (Å²) in [6.45, 7) is 0. The van der Waals surface area contributed by atoms with Crippen molar-refractivity contribution in [3.8, 4) is 67.3 Å². The Morgan fingerprint density at radius 3 is 1.61 bits per heavy atom. The molecule has 1 aliphatic rings. The largest absolute Gasteiger partial charge is 0.456 e. The Morgan fingerprint density at radius 2 is 0.855 bits per heavy atom. The normalized spacial score (nSPS) is 12.6. The minimum absolute atomic E-state index is 0.464. The van der Waals surface area contributed by atoms with E-state index >= 15 is 0 Å². The topological polar surface area (TPSA) is 38.9 Å². The van der Waals surface area contributed by atoms with Gasteiger partial charge in [0, 0.05) is 27.5 Å². The standard InChI is InChI=1S/C59H38N2O/c1-4-16-41(17-5-1)58-60-54(43-32-34-53-50(37-43)47-23-12-14-26-52(47)59(53,44-18-6-2-7-19-44)45-20-8-3-9-21-45)38-55(61-58)48-24-11-10-22-46(48)40-30-28-39(29-31-40)42-33-35-57-51(36-42)49-25-13-15-27-56(49)62-57/h1-38H. The van der Waals surface area contributed by atoms with Gasteiger partial charge in [0.25, 0.3) is 0 Å². The van der Waals surface area contributed by atoms with E-state index < -0.39 is 5.41 Å². The molecule has 1 aliphatic carbocycles. The van der Waals surface area contributed by atoms with Gasteiger partial charge < -0.3 is 4.42 Å². The molecule has 0 aliphatic heterocycles. The quantitative estimate of drug-likeness (QED) is 0.161. The van der Waals surface area contributed by atoms with Gasteiger partial charge >= 0.3 is 0 Å². The maximum absolute atomic E-state index is 6.11. The van der Waals surface area contributed by atoms with E-state index in [2.05, 4.69) is 200 Å². The van der Waals surface area contributed by atoms with Gasteiger partial charge in [0.2, 0.25) is 0 Å². The first kappa shape index (κ1) is 35.8. The van der Waals surface area contributed by atoms with Gasteiger partial charge in [-0.05, 0) is 86.0 Å². The smallest absolute Gasteiger partial charge is 0.160 e. The van der Waals surface area contributed by atoms with E-state index in [-0.39, 0.29) is 0 Å². The summed E-state index contributed by atoms with van der Waals surface area (Å²) in [4.78, 5) is 10.6. The molecule has 0 radical (unpaired) electrons. The molecule has 2 aromatic heterocycles. The zero-order valence-electron chi connectivity index (χ0n) is 33.7. The van der Waals surface area contributed by atoms with Gasteiger partial charge in [0.1, 0.15) is 11.2 Å². The van der Waals surface area contributed by atoms with Crippen LogP contribution in [0.1, 0.15) is 22.3 Å². The van der Waals surface area contributed by atoms with Crippen LogP contribution in [0, 0.1) is 0 Å². The van der Waals surface area contributed by atoms with Crippen LogP contribution in [-0.2, 0) is 5.41 Å². The third-order valence-electron chi connectivity index (χ3n) is 12.6. The predicted octanol–water partition coefficient (Wildman–Crippen LogP) is 15.1. The summed E-state index contributed by atoms with van der Waals surface area (Å²) in [7, 11) is 0. The molecule has 0 atom stereocenters. The lowest BCUT2D eigenvalue weighted by molar-refractivity contribution is 0.669. The first-order valence-electron chi connectivity index (χ1n) is 21.1. The molecule has 12 rings (SSSR count). The van der Waals surface area contributed by atoms with Gasteiger partial charge in [0.05, 0.1) is 16.8 Å². The predicted molar refractivity (Wildman–Crippen MR) is 254 cm³/mol. The number of aromatic nitrogens is 2. The monoisotopic (exact) mass is 790 g/mol. The highest BCUT2D eigenvalue weighted by Gasteiger charge is 2.46. The second-order valence-corrected chi connectivity index (χ2v) is 16.0. The molecule has 0 amide bonds. The lowest BCUT2D eigenvalue weighted by atomic mass is 9.67. The Labute approximate surface area is 360 Å². The maximum atomic E-state index is 6.11. The number of benzene rings is 9. The first-order valence-corrected chi connectivity index (χ1v) is 21.1. The van der Waals surface area contributed by atoms with Crippen molar-refractivity contribution in [3.63, 3.8) is 0 Å². The molecule has 3 nitrogen and oxygen atoms in total. The van der Waals surface area contributed by atoms with Crippen molar-refractivity contribution < 1.29 is 4.42 Å². The Morgan fingerprint density at radius 1 is 0.306 bits per heavy atom. The first-order chi connectivity index (χ1) is 30.7. The molecule has 62 heavy (non-hydrogen) atoms. The van der Waals surface area contributed by atoms with E-state index in [9.17, 15) is 0 Å².